The highest BCUT2D eigenvalue weighted by Crippen LogP contribution is 2.35. The van der Waals surface area contributed by atoms with Crippen molar-refractivity contribution in [2.45, 2.75) is 12.8 Å². The first kappa shape index (κ1) is 18.4. The van der Waals surface area contributed by atoms with Gasteiger partial charge in [-0.05, 0) is 24.6 Å². The fourth-order valence-corrected chi connectivity index (χ4v) is 2.57. The van der Waals surface area contributed by atoms with Gasteiger partial charge < -0.3 is 24.1 Å². The molecule has 0 aliphatic rings. The van der Waals surface area contributed by atoms with Crippen LogP contribution in [-0.4, -0.2) is 39.3 Å². The number of phenols is 1. The molecule has 2 aromatic carbocycles. The Hall–Kier alpha value is -2.89. The van der Waals surface area contributed by atoms with E-state index in [9.17, 15) is 9.90 Å². The highest BCUT2D eigenvalue weighted by atomic mass is 16.5. The van der Waals surface area contributed by atoms with Crippen LogP contribution in [-0.2, 0) is 6.42 Å². The molecule has 6 nitrogen and oxygen atoms in total. The molecule has 0 heterocycles. The second-order valence-corrected chi connectivity index (χ2v) is 5.32. The van der Waals surface area contributed by atoms with Crippen LogP contribution in [0.3, 0.4) is 0 Å². The van der Waals surface area contributed by atoms with Gasteiger partial charge in [-0.2, -0.15) is 0 Å². The predicted octanol–water partition coefficient (Wildman–Crippen LogP) is 3.24. The molecule has 6 heteroatoms. The lowest BCUT2D eigenvalue weighted by Gasteiger charge is -2.15. The number of methoxy groups -OCH3 is 4. The van der Waals surface area contributed by atoms with Crippen molar-refractivity contribution in [3.8, 4) is 28.7 Å². The molecular weight excluding hydrogens is 324 g/mol. The van der Waals surface area contributed by atoms with Gasteiger partial charge in [0, 0.05) is 29.7 Å². The first-order valence-corrected chi connectivity index (χ1v) is 7.73. The molecule has 134 valence electrons. The summed E-state index contributed by atoms with van der Waals surface area (Å²) in [5.74, 6) is 1.98. The summed E-state index contributed by atoms with van der Waals surface area (Å²) in [7, 11) is 6.13. The summed E-state index contributed by atoms with van der Waals surface area (Å²) in [6, 6.07) is 8.10. The first-order chi connectivity index (χ1) is 12.0. The Morgan fingerprint density at radius 1 is 0.880 bits per heavy atom. The van der Waals surface area contributed by atoms with Crippen LogP contribution >= 0.6 is 0 Å². The van der Waals surface area contributed by atoms with Gasteiger partial charge in [0.05, 0.1) is 28.4 Å². The lowest BCUT2D eigenvalue weighted by Crippen LogP contribution is -2.04. The van der Waals surface area contributed by atoms with Gasteiger partial charge in [0.2, 0.25) is 0 Å². The molecule has 0 bridgehead atoms. The Morgan fingerprint density at radius 3 is 1.96 bits per heavy atom. The lowest BCUT2D eigenvalue weighted by atomic mass is 10.0. The summed E-state index contributed by atoms with van der Waals surface area (Å²) < 4.78 is 21.0. The van der Waals surface area contributed by atoms with Crippen molar-refractivity contribution in [2.75, 3.05) is 28.4 Å². The second kappa shape index (κ2) is 8.28. The molecule has 25 heavy (non-hydrogen) atoms. The zero-order valence-electron chi connectivity index (χ0n) is 14.8. The Morgan fingerprint density at radius 2 is 1.48 bits per heavy atom. The Labute approximate surface area is 146 Å². The summed E-state index contributed by atoms with van der Waals surface area (Å²) in [6.07, 6.45) is 0.673. The van der Waals surface area contributed by atoms with Crippen LogP contribution in [0.5, 0.6) is 28.7 Å². The molecule has 0 aromatic heterocycles. The van der Waals surface area contributed by atoms with Gasteiger partial charge >= 0.3 is 0 Å². The van der Waals surface area contributed by atoms with E-state index >= 15 is 0 Å². The molecule has 0 spiro atoms. The summed E-state index contributed by atoms with van der Waals surface area (Å²) in [4.78, 5) is 12.4. The van der Waals surface area contributed by atoms with E-state index < -0.39 is 0 Å². The number of carbonyl (C=O) groups is 1. The predicted molar refractivity (Wildman–Crippen MR) is 93.4 cm³/mol. The van der Waals surface area contributed by atoms with Crippen molar-refractivity contribution in [3.63, 3.8) is 0 Å². The third-order valence-electron chi connectivity index (χ3n) is 3.92. The van der Waals surface area contributed by atoms with Crippen LogP contribution in [0.1, 0.15) is 22.3 Å². The minimum atomic E-state index is -0.0992. The molecule has 0 radical (unpaired) electrons. The highest BCUT2D eigenvalue weighted by molar-refractivity contribution is 5.96. The van der Waals surface area contributed by atoms with Crippen LogP contribution in [0, 0.1) is 0 Å². The smallest absolute Gasteiger partial charge is 0.163 e. The van der Waals surface area contributed by atoms with Gasteiger partial charge in [-0.25, -0.2) is 0 Å². The largest absolute Gasteiger partial charge is 0.504 e. The van der Waals surface area contributed by atoms with E-state index in [0.717, 1.165) is 5.56 Å². The van der Waals surface area contributed by atoms with Gasteiger partial charge in [0.15, 0.2) is 17.3 Å². The van der Waals surface area contributed by atoms with Crippen molar-refractivity contribution >= 4 is 5.78 Å². The third kappa shape index (κ3) is 4.15. The van der Waals surface area contributed by atoms with Gasteiger partial charge in [-0.3, -0.25) is 4.79 Å². The van der Waals surface area contributed by atoms with E-state index in [2.05, 4.69) is 0 Å². The third-order valence-corrected chi connectivity index (χ3v) is 3.92. The quantitative estimate of drug-likeness (QED) is 0.740. The number of hydrogen-bond donors (Lipinski definition) is 1. The van der Waals surface area contributed by atoms with Crippen LogP contribution in [0.2, 0.25) is 0 Å². The molecule has 0 atom stereocenters. The van der Waals surface area contributed by atoms with Crippen LogP contribution in [0.25, 0.3) is 0 Å². The SMILES string of the molecule is COc1cc(OC)c(CCC(=O)c2ccc(OC)c(O)c2)c(OC)c1. The number of ketones is 1. The van der Waals surface area contributed by atoms with E-state index in [4.69, 9.17) is 18.9 Å². The van der Waals surface area contributed by atoms with Crippen LogP contribution < -0.4 is 18.9 Å². The van der Waals surface area contributed by atoms with Crippen molar-refractivity contribution in [1.29, 1.82) is 0 Å². The molecule has 1 N–H and O–H groups in total. The number of rotatable bonds is 8. The number of benzene rings is 2. The number of carbonyl (C=O) groups excluding carboxylic acids is 1. The molecule has 0 amide bonds. The molecule has 2 rings (SSSR count). The summed E-state index contributed by atoms with van der Waals surface area (Å²) >= 11 is 0. The molecule has 0 unspecified atom stereocenters. The average Bonchev–Trinajstić information content (AvgIpc) is 2.65. The van der Waals surface area contributed by atoms with Crippen molar-refractivity contribution in [3.05, 3.63) is 41.5 Å². The molecule has 0 saturated carbocycles. The van der Waals surface area contributed by atoms with Gasteiger partial charge in [-0.15, -0.1) is 0 Å². The molecule has 0 aliphatic carbocycles. The summed E-state index contributed by atoms with van der Waals surface area (Å²) in [5.41, 5.74) is 1.21. The average molecular weight is 346 g/mol. The zero-order chi connectivity index (χ0) is 18.4. The Bertz CT molecular complexity index is 729. The van der Waals surface area contributed by atoms with Crippen molar-refractivity contribution < 1.29 is 28.8 Å². The molecule has 2 aromatic rings. The van der Waals surface area contributed by atoms with Gasteiger partial charge in [-0.1, -0.05) is 0 Å². The number of Topliss-reactive ketones (excluding diaryl/α,β-unsaturated/α-hetero) is 1. The maximum Gasteiger partial charge on any atom is 0.163 e. The lowest BCUT2D eigenvalue weighted by molar-refractivity contribution is 0.0982. The molecule has 0 aliphatic heterocycles. The van der Waals surface area contributed by atoms with Crippen molar-refractivity contribution in [1.82, 2.24) is 0 Å². The van der Waals surface area contributed by atoms with E-state index in [1.165, 1.54) is 13.2 Å². The highest BCUT2D eigenvalue weighted by Gasteiger charge is 2.16. The number of aromatic hydroxyl groups is 1. The minimum Gasteiger partial charge on any atom is -0.504 e. The van der Waals surface area contributed by atoms with E-state index in [-0.39, 0.29) is 18.0 Å². The van der Waals surface area contributed by atoms with Crippen LogP contribution in [0.15, 0.2) is 30.3 Å². The number of phenolic OH excluding ortho intramolecular Hbond substituents is 1. The Balaban J connectivity index is 2.20. The van der Waals surface area contributed by atoms with E-state index in [1.54, 1.807) is 45.6 Å². The topological polar surface area (TPSA) is 74.2 Å². The Kier molecular flexibility index (Phi) is 6.11. The number of ether oxygens (including phenoxy) is 4. The van der Waals surface area contributed by atoms with E-state index in [1.807, 2.05) is 0 Å². The molecule has 0 fully saturated rings. The summed E-state index contributed by atoms with van der Waals surface area (Å²) in [5, 5.41) is 9.82. The fourth-order valence-electron chi connectivity index (χ4n) is 2.57. The fraction of sp³-hybridized carbons (Fsp3) is 0.316. The standard InChI is InChI=1S/C19H22O6/c1-22-13-10-18(24-3)14(19(11-13)25-4)6-7-15(20)12-5-8-17(23-2)16(21)9-12/h5,8-11,21H,6-7H2,1-4H3. The number of hydrogen-bond acceptors (Lipinski definition) is 6. The second-order valence-electron chi connectivity index (χ2n) is 5.32. The molecule has 0 saturated heterocycles. The van der Waals surface area contributed by atoms with E-state index in [0.29, 0.717) is 35.0 Å². The van der Waals surface area contributed by atoms with Crippen molar-refractivity contribution in [2.24, 2.45) is 0 Å². The summed E-state index contributed by atoms with van der Waals surface area (Å²) in [6.45, 7) is 0. The normalized spacial score (nSPS) is 10.2. The maximum atomic E-state index is 12.4. The minimum absolute atomic E-state index is 0.0621. The van der Waals surface area contributed by atoms with Gasteiger partial charge in [0.1, 0.15) is 17.2 Å². The first-order valence-electron chi connectivity index (χ1n) is 7.73. The van der Waals surface area contributed by atoms with Gasteiger partial charge in [0.25, 0.3) is 0 Å². The zero-order valence-corrected chi connectivity index (χ0v) is 14.8. The maximum absolute atomic E-state index is 12.4. The molecular formula is C19H22O6. The van der Waals surface area contributed by atoms with Crippen LogP contribution in [0.4, 0.5) is 0 Å². The monoisotopic (exact) mass is 346 g/mol.